The molecule has 24 heavy (non-hydrogen) atoms. The molecule has 2 heteroatoms. The van der Waals surface area contributed by atoms with E-state index in [1.54, 1.807) is 6.08 Å². The summed E-state index contributed by atoms with van der Waals surface area (Å²) in [5.41, 5.74) is 0.839. The van der Waals surface area contributed by atoms with Gasteiger partial charge in [-0.2, -0.15) is 10.5 Å². The molecule has 2 atom stereocenters. The monoisotopic (exact) mass is 334 g/mol. The zero-order valence-corrected chi connectivity index (χ0v) is 17.4. The molecule has 0 saturated carbocycles. The van der Waals surface area contributed by atoms with Gasteiger partial charge in [0.15, 0.2) is 0 Å². The minimum atomic E-state index is 0. The van der Waals surface area contributed by atoms with Crippen molar-refractivity contribution in [3.63, 3.8) is 0 Å². The Labute approximate surface area is 153 Å². The average Bonchev–Trinajstić information content (AvgIpc) is 2.36. The van der Waals surface area contributed by atoms with E-state index in [1.807, 2.05) is 12.1 Å². The molecule has 0 heterocycles. The highest BCUT2D eigenvalue weighted by Gasteiger charge is 2.14. The highest BCUT2D eigenvalue weighted by Crippen LogP contribution is 2.27. The second-order valence-corrected chi connectivity index (χ2v) is 9.56. The summed E-state index contributed by atoms with van der Waals surface area (Å²) in [5, 5.41) is 16.6. The van der Waals surface area contributed by atoms with Crippen LogP contribution in [-0.2, 0) is 0 Å². The van der Waals surface area contributed by atoms with Gasteiger partial charge in [-0.25, -0.2) is 0 Å². The van der Waals surface area contributed by atoms with Crippen LogP contribution in [0.5, 0.6) is 0 Å². The summed E-state index contributed by atoms with van der Waals surface area (Å²) in [7, 11) is 0. The second-order valence-electron chi connectivity index (χ2n) is 9.56. The van der Waals surface area contributed by atoms with Crippen LogP contribution in [-0.4, -0.2) is 0 Å². The molecular weight excluding hydrogens is 292 g/mol. The summed E-state index contributed by atoms with van der Waals surface area (Å²) in [6.07, 6.45) is 9.99. The van der Waals surface area contributed by atoms with Gasteiger partial charge in [0.05, 0.1) is 12.1 Å². The summed E-state index contributed by atoms with van der Waals surface area (Å²) in [5.74, 6) is 1.44. The Kier molecular flexibility index (Phi) is 13.6. The topological polar surface area (TPSA) is 47.6 Å². The Morgan fingerprint density at radius 2 is 1.42 bits per heavy atom. The number of unbranched alkanes of at least 4 members (excludes halogenated alkanes) is 1. The third-order valence-corrected chi connectivity index (χ3v) is 3.64. The average molecular weight is 335 g/mol. The molecule has 0 aliphatic rings. The molecule has 0 rings (SSSR count). The molecule has 0 N–H and O–H groups in total. The molecule has 0 aromatic rings. The molecule has 0 aromatic carbocycles. The first-order valence-corrected chi connectivity index (χ1v) is 9.33. The highest BCUT2D eigenvalue weighted by atomic mass is 14.2. The summed E-state index contributed by atoms with van der Waals surface area (Å²) >= 11 is 0. The molecule has 0 fully saturated rings. The first kappa shape index (κ1) is 25.0. The van der Waals surface area contributed by atoms with Crippen LogP contribution in [0.3, 0.4) is 0 Å². The Morgan fingerprint density at radius 3 is 1.83 bits per heavy atom. The highest BCUT2D eigenvalue weighted by molar-refractivity contribution is 5.01. The molecular formula is C22H42N2. The number of rotatable bonds is 7. The fraction of sp³-hybridized carbons (Fsp3) is 0.818. The van der Waals surface area contributed by atoms with Crippen LogP contribution >= 0.6 is 0 Å². The molecule has 140 valence electrons. The maximum absolute atomic E-state index is 8.36. The zero-order valence-electron chi connectivity index (χ0n) is 17.4. The van der Waals surface area contributed by atoms with Gasteiger partial charge in [0.25, 0.3) is 0 Å². The lowest BCUT2D eigenvalue weighted by Crippen LogP contribution is -2.10. The SMILES string of the molecule is CC(CC=CC#N)CC(C)(C)C.CC(CCCC#N)CC(C)(C)C.[HH]. The van der Waals surface area contributed by atoms with Crippen molar-refractivity contribution < 1.29 is 1.43 Å². The van der Waals surface area contributed by atoms with Crippen LogP contribution < -0.4 is 0 Å². The van der Waals surface area contributed by atoms with Gasteiger partial charge in [0, 0.05) is 13.9 Å². The van der Waals surface area contributed by atoms with Crippen molar-refractivity contribution in [2.75, 3.05) is 0 Å². The van der Waals surface area contributed by atoms with Gasteiger partial charge in [-0.1, -0.05) is 61.5 Å². The number of nitrogens with zero attached hydrogens (tertiary/aromatic N) is 2. The summed E-state index contributed by atoms with van der Waals surface area (Å²) in [6.45, 7) is 18.1. The zero-order chi connectivity index (χ0) is 19.2. The Bertz CT molecular complexity index is 413. The van der Waals surface area contributed by atoms with E-state index in [0.29, 0.717) is 23.2 Å². The minimum Gasteiger partial charge on any atom is -0.198 e. The van der Waals surface area contributed by atoms with Gasteiger partial charge in [-0.15, -0.1) is 0 Å². The predicted molar refractivity (Wildman–Crippen MR) is 107 cm³/mol. The molecule has 0 bridgehead atoms. The lowest BCUT2D eigenvalue weighted by molar-refractivity contribution is 0.294. The lowest BCUT2D eigenvalue weighted by atomic mass is 9.83. The number of nitriles is 2. The molecule has 0 spiro atoms. The van der Waals surface area contributed by atoms with Gasteiger partial charge >= 0.3 is 0 Å². The van der Waals surface area contributed by atoms with Crippen molar-refractivity contribution in [3.05, 3.63) is 12.2 Å². The van der Waals surface area contributed by atoms with Crippen molar-refractivity contribution in [1.82, 2.24) is 0 Å². The van der Waals surface area contributed by atoms with E-state index < -0.39 is 0 Å². The molecule has 0 amide bonds. The van der Waals surface area contributed by atoms with E-state index in [0.717, 1.165) is 18.8 Å². The lowest BCUT2D eigenvalue weighted by Gasteiger charge is -2.22. The second kappa shape index (κ2) is 13.1. The van der Waals surface area contributed by atoms with Crippen molar-refractivity contribution in [2.24, 2.45) is 22.7 Å². The quantitative estimate of drug-likeness (QED) is 0.357. The maximum Gasteiger partial charge on any atom is 0.0908 e. The van der Waals surface area contributed by atoms with Crippen molar-refractivity contribution in [2.45, 2.75) is 93.9 Å². The molecule has 2 nitrogen and oxygen atoms in total. The molecule has 2 unspecified atom stereocenters. The Hall–Kier alpha value is -1.28. The van der Waals surface area contributed by atoms with Gasteiger partial charge in [-0.3, -0.25) is 0 Å². The van der Waals surface area contributed by atoms with Crippen molar-refractivity contribution in [1.29, 1.82) is 10.5 Å². The smallest absolute Gasteiger partial charge is 0.0908 e. The van der Waals surface area contributed by atoms with E-state index in [9.17, 15) is 0 Å². The third kappa shape index (κ3) is 23.0. The van der Waals surface area contributed by atoms with Crippen LogP contribution in [0.2, 0.25) is 0 Å². The standard InChI is InChI=1S/C11H21N.C11H19N.H2/c2*1-10(7-5-6-8-12)9-11(2,3)4;/h10H,5-7,9H2,1-4H3;5-6,10H,7,9H2,1-4H3;1H. The van der Waals surface area contributed by atoms with Gasteiger partial charge in [-0.05, 0) is 54.8 Å². The van der Waals surface area contributed by atoms with E-state index in [1.165, 1.54) is 19.3 Å². The van der Waals surface area contributed by atoms with E-state index >= 15 is 0 Å². The maximum atomic E-state index is 8.36. The number of hydrogen-bond donors (Lipinski definition) is 0. The summed E-state index contributed by atoms with van der Waals surface area (Å²) in [4.78, 5) is 0. The van der Waals surface area contributed by atoms with Crippen LogP contribution in [0.4, 0.5) is 0 Å². The largest absolute Gasteiger partial charge is 0.198 e. The van der Waals surface area contributed by atoms with E-state index in [-0.39, 0.29) is 1.43 Å². The predicted octanol–water partition coefficient (Wildman–Crippen LogP) is 7.53. The van der Waals surface area contributed by atoms with Crippen LogP contribution in [0.1, 0.15) is 95.3 Å². The van der Waals surface area contributed by atoms with Gasteiger partial charge in [0.2, 0.25) is 0 Å². The minimum absolute atomic E-state index is 0. The molecule has 0 aliphatic heterocycles. The van der Waals surface area contributed by atoms with Crippen LogP contribution in [0.15, 0.2) is 12.2 Å². The van der Waals surface area contributed by atoms with E-state index in [4.69, 9.17) is 10.5 Å². The summed E-state index contributed by atoms with van der Waals surface area (Å²) in [6, 6.07) is 4.19. The normalized spacial score (nSPS) is 14.2. The molecule has 0 saturated heterocycles. The molecule has 0 radical (unpaired) electrons. The Balaban J connectivity index is -0.000000372. The van der Waals surface area contributed by atoms with Crippen molar-refractivity contribution in [3.8, 4) is 12.1 Å². The fourth-order valence-corrected chi connectivity index (χ4v) is 3.16. The van der Waals surface area contributed by atoms with Gasteiger partial charge in [0.1, 0.15) is 0 Å². The Morgan fingerprint density at radius 1 is 0.917 bits per heavy atom. The van der Waals surface area contributed by atoms with Crippen molar-refractivity contribution >= 4 is 0 Å². The van der Waals surface area contributed by atoms with Crippen LogP contribution in [0, 0.1) is 45.3 Å². The number of hydrogen-bond acceptors (Lipinski definition) is 2. The van der Waals surface area contributed by atoms with Gasteiger partial charge < -0.3 is 0 Å². The molecule has 0 aliphatic carbocycles. The number of allylic oxidation sites excluding steroid dienone is 2. The first-order valence-electron chi connectivity index (χ1n) is 9.33. The summed E-state index contributed by atoms with van der Waals surface area (Å²) < 4.78 is 0. The van der Waals surface area contributed by atoms with Crippen LogP contribution in [0.25, 0.3) is 0 Å². The first-order chi connectivity index (χ1) is 10.9. The third-order valence-electron chi connectivity index (χ3n) is 3.64. The fourth-order valence-electron chi connectivity index (χ4n) is 3.16. The van der Waals surface area contributed by atoms with E-state index in [2.05, 4.69) is 61.5 Å². The molecule has 0 aromatic heterocycles.